The molecule has 1 aromatic heterocycles. The predicted octanol–water partition coefficient (Wildman–Crippen LogP) is 14.5. The summed E-state index contributed by atoms with van der Waals surface area (Å²) >= 11 is 0. The van der Waals surface area contributed by atoms with Crippen molar-refractivity contribution in [1.82, 2.24) is 4.57 Å². The van der Waals surface area contributed by atoms with Crippen molar-refractivity contribution in [2.45, 2.75) is 38.5 Å². The van der Waals surface area contributed by atoms with Crippen molar-refractivity contribution < 1.29 is 0 Å². The minimum absolute atomic E-state index is 0.128. The molecule has 268 valence electrons. The van der Waals surface area contributed by atoms with Gasteiger partial charge in [0.1, 0.15) is 0 Å². The Morgan fingerprint density at radius 3 is 1.79 bits per heavy atom. The second-order valence-corrected chi connectivity index (χ2v) is 16.5. The molecular weight excluding hydrogens is 677 g/mol. The fraction of sp³-hybridized carbons (Fsp3) is 0.111. The van der Waals surface area contributed by atoms with Gasteiger partial charge in [-0.3, -0.25) is 0 Å². The molecule has 0 radical (unpaired) electrons. The van der Waals surface area contributed by atoms with Crippen LogP contribution in [0, 0.1) is 0 Å². The Kier molecular flexibility index (Phi) is 6.98. The van der Waals surface area contributed by atoms with Crippen LogP contribution in [0.4, 0.5) is 17.1 Å². The van der Waals surface area contributed by atoms with Crippen molar-refractivity contribution in [3.63, 3.8) is 0 Å². The Morgan fingerprint density at radius 2 is 0.982 bits per heavy atom. The molecule has 11 rings (SSSR count). The summed E-state index contributed by atoms with van der Waals surface area (Å²) in [6.45, 7) is 9.54. The van der Waals surface area contributed by atoms with Gasteiger partial charge in [0, 0.05) is 38.5 Å². The van der Waals surface area contributed by atoms with E-state index < -0.39 is 0 Å². The highest BCUT2D eigenvalue weighted by molar-refractivity contribution is 6.10. The molecule has 2 aliphatic carbocycles. The smallest absolute Gasteiger partial charge is 0.0547 e. The topological polar surface area (TPSA) is 8.17 Å². The van der Waals surface area contributed by atoms with E-state index in [1.807, 2.05) is 0 Å². The molecule has 1 heterocycles. The van der Waals surface area contributed by atoms with E-state index in [1.165, 1.54) is 83.1 Å². The Labute approximate surface area is 328 Å². The summed E-state index contributed by atoms with van der Waals surface area (Å²) in [6, 6.07) is 67.5. The summed E-state index contributed by atoms with van der Waals surface area (Å²) in [6.07, 6.45) is 0. The van der Waals surface area contributed by atoms with Gasteiger partial charge in [0.15, 0.2) is 0 Å². The van der Waals surface area contributed by atoms with Gasteiger partial charge in [-0.15, -0.1) is 0 Å². The number of fused-ring (bicyclic) bond motifs is 9. The fourth-order valence-electron chi connectivity index (χ4n) is 10.2. The Morgan fingerprint density at radius 1 is 0.393 bits per heavy atom. The first-order valence-electron chi connectivity index (χ1n) is 19.8. The van der Waals surface area contributed by atoms with E-state index in [2.05, 4.69) is 219 Å². The fourth-order valence-corrected chi connectivity index (χ4v) is 10.2. The molecule has 0 N–H and O–H groups in total. The molecule has 8 aromatic carbocycles. The standard InChI is InChI=1S/C54H42N2/c1-53(2)45-24-12-8-20-39(45)41-32-30-37(34-47(41)53)56(50-28-16-23-44-40-21-9-13-25-46(40)54(3,4)52(44)50)48-26-14-10-19-38(48)35-29-31-43-42-22-11-15-27-49(42)55(51(43)33-35)36-17-6-5-7-18-36/h5-34H,1-4H3. The number of para-hydroxylation sites is 3. The van der Waals surface area contributed by atoms with E-state index in [0.717, 1.165) is 17.1 Å². The second-order valence-electron chi connectivity index (χ2n) is 16.5. The number of nitrogens with zero attached hydrogens (tertiary/aromatic N) is 2. The van der Waals surface area contributed by atoms with E-state index in [9.17, 15) is 0 Å². The molecule has 0 saturated carbocycles. The maximum absolute atomic E-state index is 2.55. The van der Waals surface area contributed by atoms with E-state index >= 15 is 0 Å². The largest absolute Gasteiger partial charge is 0.310 e. The lowest BCUT2D eigenvalue weighted by Gasteiger charge is -2.34. The molecule has 0 bridgehead atoms. The Balaban J connectivity index is 1.18. The molecule has 2 aliphatic rings. The Hall–Kier alpha value is -6.64. The van der Waals surface area contributed by atoms with Crippen molar-refractivity contribution in [2.24, 2.45) is 0 Å². The molecule has 9 aromatic rings. The molecule has 0 spiro atoms. The highest BCUT2D eigenvalue weighted by Gasteiger charge is 2.40. The lowest BCUT2D eigenvalue weighted by atomic mass is 9.80. The number of anilines is 3. The van der Waals surface area contributed by atoms with E-state index in [0.29, 0.717) is 0 Å². The summed E-state index contributed by atoms with van der Waals surface area (Å²) < 4.78 is 2.42. The van der Waals surface area contributed by atoms with Crippen LogP contribution in [0.2, 0.25) is 0 Å². The lowest BCUT2D eigenvalue weighted by molar-refractivity contribution is 0.658. The average Bonchev–Trinajstić information content (AvgIpc) is 3.78. The third kappa shape index (κ3) is 4.56. The number of rotatable bonds is 5. The van der Waals surface area contributed by atoms with Crippen LogP contribution in [-0.4, -0.2) is 4.57 Å². The molecule has 2 heteroatoms. The van der Waals surface area contributed by atoms with Crippen LogP contribution in [0.15, 0.2) is 182 Å². The highest BCUT2D eigenvalue weighted by Crippen LogP contribution is 2.56. The predicted molar refractivity (Wildman–Crippen MR) is 236 cm³/mol. The molecule has 56 heavy (non-hydrogen) atoms. The minimum Gasteiger partial charge on any atom is -0.310 e. The normalized spacial score (nSPS) is 14.4. The van der Waals surface area contributed by atoms with Crippen molar-refractivity contribution in [1.29, 1.82) is 0 Å². The van der Waals surface area contributed by atoms with Gasteiger partial charge in [0.2, 0.25) is 0 Å². The van der Waals surface area contributed by atoms with Gasteiger partial charge in [0.25, 0.3) is 0 Å². The zero-order valence-electron chi connectivity index (χ0n) is 32.2. The van der Waals surface area contributed by atoms with Gasteiger partial charge >= 0.3 is 0 Å². The first kappa shape index (κ1) is 32.8. The van der Waals surface area contributed by atoms with Crippen LogP contribution in [0.3, 0.4) is 0 Å². The quantitative estimate of drug-likeness (QED) is 0.172. The number of benzene rings is 8. The van der Waals surface area contributed by atoms with Gasteiger partial charge < -0.3 is 9.47 Å². The molecule has 0 unspecified atom stereocenters. The van der Waals surface area contributed by atoms with Crippen molar-refractivity contribution in [2.75, 3.05) is 4.90 Å². The summed E-state index contributed by atoms with van der Waals surface area (Å²) in [4.78, 5) is 2.55. The van der Waals surface area contributed by atoms with Crippen molar-refractivity contribution in [3.8, 4) is 39.1 Å². The van der Waals surface area contributed by atoms with Gasteiger partial charge in [0.05, 0.1) is 22.4 Å². The first-order chi connectivity index (χ1) is 27.3. The third-order valence-corrected chi connectivity index (χ3v) is 12.8. The summed E-state index contributed by atoms with van der Waals surface area (Å²) in [7, 11) is 0. The number of hydrogen-bond donors (Lipinski definition) is 0. The van der Waals surface area contributed by atoms with Crippen LogP contribution in [-0.2, 0) is 10.8 Å². The summed E-state index contributed by atoms with van der Waals surface area (Å²) in [5.74, 6) is 0. The Bertz CT molecular complexity index is 3030. The highest BCUT2D eigenvalue weighted by atomic mass is 15.1. The summed E-state index contributed by atoms with van der Waals surface area (Å²) in [5.41, 5.74) is 19.9. The number of hydrogen-bond acceptors (Lipinski definition) is 1. The van der Waals surface area contributed by atoms with E-state index in [4.69, 9.17) is 0 Å². The van der Waals surface area contributed by atoms with E-state index in [-0.39, 0.29) is 10.8 Å². The minimum atomic E-state index is -0.197. The zero-order chi connectivity index (χ0) is 37.8. The van der Waals surface area contributed by atoms with Gasteiger partial charge in [-0.25, -0.2) is 0 Å². The van der Waals surface area contributed by atoms with Gasteiger partial charge in [-0.05, 0) is 98.6 Å². The van der Waals surface area contributed by atoms with Crippen LogP contribution < -0.4 is 4.90 Å². The molecule has 0 saturated heterocycles. The van der Waals surface area contributed by atoms with Crippen LogP contribution >= 0.6 is 0 Å². The first-order valence-corrected chi connectivity index (χ1v) is 19.8. The van der Waals surface area contributed by atoms with E-state index in [1.54, 1.807) is 0 Å². The molecule has 0 aliphatic heterocycles. The molecule has 0 atom stereocenters. The summed E-state index contributed by atoms with van der Waals surface area (Å²) in [5, 5.41) is 2.51. The molecule has 0 amide bonds. The van der Waals surface area contributed by atoms with Crippen LogP contribution in [0.5, 0.6) is 0 Å². The second kappa shape index (κ2) is 11.9. The van der Waals surface area contributed by atoms with Crippen LogP contribution in [0.25, 0.3) is 60.9 Å². The molecular formula is C54H42N2. The number of aromatic nitrogens is 1. The van der Waals surface area contributed by atoms with Gasteiger partial charge in [-0.1, -0.05) is 161 Å². The zero-order valence-corrected chi connectivity index (χ0v) is 32.2. The third-order valence-electron chi connectivity index (χ3n) is 12.8. The monoisotopic (exact) mass is 718 g/mol. The molecule has 2 nitrogen and oxygen atoms in total. The van der Waals surface area contributed by atoms with Crippen molar-refractivity contribution in [3.05, 3.63) is 204 Å². The maximum Gasteiger partial charge on any atom is 0.0547 e. The van der Waals surface area contributed by atoms with Gasteiger partial charge in [-0.2, -0.15) is 0 Å². The van der Waals surface area contributed by atoms with Crippen molar-refractivity contribution >= 4 is 38.9 Å². The molecule has 0 fully saturated rings. The lowest BCUT2D eigenvalue weighted by Crippen LogP contribution is -2.21. The SMILES string of the molecule is CC1(C)c2ccccc2-c2ccc(N(c3ccccc3-c3ccc4c5ccccc5n(-c5ccccc5)c4c3)c3cccc4c3C(C)(C)c3ccccc3-4)cc21. The van der Waals surface area contributed by atoms with Crippen LogP contribution in [0.1, 0.15) is 49.9 Å². The average molecular weight is 719 g/mol. The maximum atomic E-state index is 2.55.